The Hall–Kier alpha value is -3.64. The van der Waals surface area contributed by atoms with Gasteiger partial charge in [0.15, 0.2) is 6.10 Å². The number of benzene rings is 4. The Kier molecular flexibility index (Phi) is 7.94. The fraction of sp³-hybridized carbons (Fsp3) is 0.143. The first-order chi connectivity index (χ1) is 16.6. The molecule has 0 unspecified atom stereocenters. The molecule has 4 rings (SSSR count). The second-order valence-electron chi connectivity index (χ2n) is 7.69. The number of fused-ring (bicyclic) bond motifs is 1. The minimum absolute atomic E-state index is 0.304. The maximum atomic E-state index is 12.6. The Labute approximate surface area is 207 Å². The first-order valence-corrected chi connectivity index (χ1v) is 11.9. The summed E-state index contributed by atoms with van der Waals surface area (Å²) in [6.45, 7) is 2.41. The molecule has 6 heteroatoms. The van der Waals surface area contributed by atoms with Crippen LogP contribution in [0.5, 0.6) is 11.5 Å². The number of ether oxygens (including phenoxy) is 2. The summed E-state index contributed by atoms with van der Waals surface area (Å²) in [6, 6.07) is 29.4. The maximum absolute atomic E-state index is 12.6. The van der Waals surface area contributed by atoms with Gasteiger partial charge in [0.05, 0.1) is 10.7 Å². The van der Waals surface area contributed by atoms with Gasteiger partial charge in [-0.2, -0.15) is 5.10 Å². The highest BCUT2D eigenvalue weighted by Crippen LogP contribution is 2.33. The molecule has 1 atom stereocenters. The fourth-order valence-electron chi connectivity index (χ4n) is 3.41. The van der Waals surface area contributed by atoms with Crippen LogP contribution in [-0.4, -0.2) is 18.2 Å². The van der Waals surface area contributed by atoms with Crippen LogP contribution < -0.4 is 14.9 Å². The molecular weight excluding hydrogens is 492 g/mol. The molecule has 0 saturated heterocycles. The standard InChI is InChI=1S/C28H25BrN2O3/c1-2-25(34-26-17-14-22-10-6-7-11-24(22)27(26)29)28(32)31-30-18-20-12-15-23(16-13-20)33-19-21-8-4-3-5-9-21/h3-18,25H,2,19H2,1H3,(H,31,32)/b30-18-/t25-/m0/s1. The van der Waals surface area contributed by atoms with E-state index in [0.717, 1.165) is 32.1 Å². The summed E-state index contributed by atoms with van der Waals surface area (Å²) in [5.41, 5.74) is 4.54. The minimum Gasteiger partial charge on any atom is -0.489 e. The number of nitrogens with one attached hydrogen (secondary N) is 1. The summed E-state index contributed by atoms with van der Waals surface area (Å²) in [4.78, 5) is 12.6. The molecule has 0 aliphatic carbocycles. The van der Waals surface area contributed by atoms with Gasteiger partial charge in [-0.05, 0) is 74.6 Å². The molecule has 0 spiro atoms. The molecule has 0 heterocycles. The Morgan fingerprint density at radius 1 is 0.971 bits per heavy atom. The van der Waals surface area contributed by atoms with Crippen molar-refractivity contribution in [1.82, 2.24) is 5.43 Å². The summed E-state index contributed by atoms with van der Waals surface area (Å²) >= 11 is 3.61. The zero-order valence-corrected chi connectivity index (χ0v) is 20.4. The van der Waals surface area contributed by atoms with Crippen LogP contribution in [0.25, 0.3) is 10.8 Å². The van der Waals surface area contributed by atoms with Crippen LogP contribution in [0, 0.1) is 0 Å². The molecule has 1 amide bonds. The van der Waals surface area contributed by atoms with Gasteiger partial charge in [0.1, 0.15) is 18.1 Å². The number of carbonyl (C=O) groups is 1. The van der Waals surface area contributed by atoms with E-state index in [1.54, 1.807) is 6.21 Å². The van der Waals surface area contributed by atoms with Crippen molar-refractivity contribution < 1.29 is 14.3 Å². The largest absolute Gasteiger partial charge is 0.489 e. The topological polar surface area (TPSA) is 59.9 Å². The molecule has 0 radical (unpaired) electrons. The van der Waals surface area contributed by atoms with E-state index in [4.69, 9.17) is 9.47 Å². The third kappa shape index (κ3) is 6.02. The van der Waals surface area contributed by atoms with Crippen LogP contribution in [0.15, 0.2) is 101 Å². The minimum atomic E-state index is -0.664. The smallest absolute Gasteiger partial charge is 0.281 e. The number of hydrogen-bond donors (Lipinski definition) is 1. The Morgan fingerprint density at radius 3 is 2.47 bits per heavy atom. The lowest BCUT2D eigenvalue weighted by Gasteiger charge is -2.17. The van der Waals surface area contributed by atoms with Crippen molar-refractivity contribution >= 4 is 38.8 Å². The van der Waals surface area contributed by atoms with Crippen LogP contribution in [0.3, 0.4) is 0 Å². The summed E-state index contributed by atoms with van der Waals surface area (Å²) < 4.78 is 12.6. The first kappa shape index (κ1) is 23.5. The van der Waals surface area contributed by atoms with Crippen molar-refractivity contribution in [1.29, 1.82) is 0 Å². The summed E-state index contributed by atoms with van der Waals surface area (Å²) in [7, 11) is 0. The lowest BCUT2D eigenvalue weighted by molar-refractivity contribution is -0.128. The molecule has 0 fully saturated rings. The van der Waals surface area contributed by atoms with E-state index in [2.05, 4.69) is 26.5 Å². The highest BCUT2D eigenvalue weighted by atomic mass is 79.9. The molecule has 0 aliphatic rings. The van der Waals surface area contributed by atoms with Crippen molar-refractivity contribution in [3.05, 3.63) is 107 Å². The van der Waals surface area contributed by atoms with Crippen LogP contribution in [0.2, 0.25) is 0 Å². The maximum Gasteiger partial charge on any atom is 0.281 e. The quantitative estimate of drug-likeness (QED) is 0.204. The summed E-state index contributed by atoms with van der Waals surface area (Å²) in [6.07, 6.45) is 1.44. The van der Waals surface area contributed by atoms with E-state index in [9.17, 15) is 4.79 Å². The lowest BCUT2D eigenvalue weighted by atomic mass is 10.1. The molecule has 4 aromatic rings. The summed E-state index contributed by atoms with van der Waals surface area (Å²) in [5.74, 6) is 1.09. The lowest BCUT2D eigenvalue weighted by Crippen LogP contribution is -2.35. The number of halogens is 1. The highest BCUT2D eigenvalue weighted by Gasteiger charge is 2.19. The molecule has 0 saturated carbocycles. The normalized spacial score (nSPS) is 11.9. The van der Waals surface area contributed by atoms with E-state index in [1.165, 1.54) is 0 Å². The summed E-state index contributed by atoms with van der Waals surface area (Å²) in [5, 5.41) is 6.22. The Balaban J connectivity index is 1.32. The monoisotopic (exact) mass is 516 g/mol. The van der Waals surface area contributed by atoms with E-state index >= 15 is 0 Å². The molecule has 172 valence electrons. The molecule has 0 bridgehead atoms. The molecule has 34 heavy (non-hydrogen) atoms. The SMILES string of the molecule is CC[C@H](Oc1ccc2ccccc2c1Br)C(=O)N/N=C\c1ccc(OCc2ccccc2)cc1. The second kappa shape index (κ2) is 11.5. The van der Waals surface area contributed by atoms with Crippen LogP contribution in [0.4, 0.5) is 0 Å². The predicted molar refractivity (Wildman–Crippen MR) is 139 cm³/mol. The number of hydrogen-bond acceptors (Lipinski definition) is 4. The molecular formula is C28H25BrN2O3. The van der Waals surface area contributed by atoms with Gasteiger partial charge in [-0.1, -0.05) is 67.6 Å². The Bertz CT molecular complexity index is 1270. The third-order valence-corrected chi connectivity index (χ3v) is 6.10. The average molecular weight is 517 g/mol. The molecule has 0 aromatic heterocycles. The van der Waals surface area contributed by atoms with E-state index in [1.807, 2.05) is 97.9 Å². The molecule has 4 aromatic carbocycles. The van der Waals surface area contributed by atoms with Crippen molar-refractivity contribution in [2.45, 2.75) is 26.1 Å². The Morgan fingerprint density at radius 2 is 1.71 bits per heavy atom. The molecule has 1 N–H and O–H groups in total. The van der Waals surface area contributed by atoms with Crippen molar-refractivity contribution in [3.63, 3.8) is 0 Å². The van der Waals surface area contributed by atoms with E-state index in [-0.39, 0.29) is 5.91 Å². The van der Waals surface area contributed by atoms with Crippen molar-refractivity contribution in [2.24, 2.45) is 5.10 Å². The van der Waals surface area contributed by atoms with Gasteiger partial charge in [0.2, 0.25) is 0 Å². The van der Waals surface area contributed by atoms with Crippen molar-refractivity contribution in [2.75, 3.05) is 0 Å². The average Bonchev–Trinajstić information content (AvgIpc) is 2.88. The van der Waals surface area contributed by atoms with Crippen LogP contribution in [-0.2, 0) is 11.4 Å². The molecule has 5 nitrogen and oxygen atoms in total. The van der Waals surface area contributed by atoms with Gasteiger partial charge in [-0.25, -0.2) is 5.43 Å². The van der Waals surface area contributed by atoms with Gasteiger partial charge in [-0.15, -0.1) is 0 Å². The number of hydrazone groups is 1. The van der Waals surface area contributed by atoms with Gasteiger partial charge < -0.3 is 9.47 Å². The van der Waals surface area contributed by atoms with Crippen molar-refractivity contribution in [3.8, 4) is 11.5 Å². The number of nitrogens with zero attached hydrogens (tertiary/aromatic N) is 1. The van der Waals surface area contributed by atoms with Crippen LogP contribution in [0.1, 0.15) is 24.5 Å². The predicted octanol–water partition coefficient (Wildman–Crippen LogP) is 6.49. The van der Waals surface area contributed by atoms with E-state index < -0.39 is 6.10 Å². The number of rotatable bonds is 9. The van der Waals surface area contributed by atoms with Gasteiger partial charge in [-0.3, -0.25) is 4.79 Å². The fourth-order valence-corrected chi connectivity index (χ4v) is 4.00. The number of amides is 1. The number of carbonyl (C=O) groups excluding carboxylic acids is 1. The second-order valence-corrected chi connectivity index (χ2v) is 8.48. The van der Waals surface area contributed by atoms with E-state index in [0.29, 0.717) is 18.8 Å². The van der Waals surface area contributed by atoms with Crippen LogP contribution >= 0.6 is 15.9 Å². The zero-order valence-electron chi connectivity index (χ0n) is 18.8. The zero-order chi connectivity index (χ0) is 23.8. The first-order valence-electron chi connectivity index (χ1n) is 11.1. The highest BCUT2D eigenvalue weighted by molar-refractivity contribution is 9.10. The van der Waals surface area contributed by atoms with Gasteiger partial charge >= 0.3 is 0 Å². The molecule has 0 aliphatic heterocycles. The van der Waals surface area contributed by atoms with Gasteiger partial charge in [0, 0.05) is 0 Å². The van der Waals surface area contributed by atoms with Gasteiger partial charge in [0.25, 0.3) is 5.91 Å². The third-order valence-electron chi connectivity index (χ3n) is 5.28.